The van der Waals surface area contributed by atoms with Gasteiger partial charge in [-0.15, -0.1) is 22.7 Å². The Morgan fingerprint density at radius 3 is 2.39 bits per heavy atom. The highest BCUT2D eigenvalue weighted by molar-refractivity contribution is 7.13. The lowest BCUT2D eigenvalue weighted by Gasteiger charge is -2.22. The number of rotatable bonds is 7. The monoisotopic (exact) mass is 448 g/mol. The van der Waals surface area contributed by atoms with Crippen LogP contribution in [0.15, 0.2) is 77.5 Å². The summed E-state index contributed by atoms with van der Waals surface area (Å²) < 4.78 is 0. The van der Waals surface area contributed by atoms with Crippen molar-refractivity contribution in [2.24, 2.45) is 0 Å². The van der Waals surface area contributed by atoms with Crippen LogP contribution in [0.4, 0.5) is 10.8 Å². The first-order valence-corrected chi connectivity index (χ1v) is 11.3. The Kier molecular flexibility index (Phi) is 6.40. The fourth-order valence-electron chi connectivity index (χ4n) is 3.08. The predicted octanol–water partition coefficient (Wildman–Crippen LogP) is 4.73. The topological polar surface area (TPSA) is 88.3 Å². The number of carbonyl (C=O) groups is 2. The molecule has 0 radical (unpaired) electrons. The number of benzene rings is 2. The van der Waals surface area contributed by atoms with Crippen LogP contribution >= 0.6 is 22.7 Å². The van der Waals surface area contributed by atoms with Gasteiger partial charge in [0.15, 0.2) is 5.13 Å². The molecule has 0 fully saturated rings. The van der Waals surface area contributed by atoms with Crippen LogP contribution in [-0.4, -0.2) is 28.2 Å². The normalized spacial score (nSPS) is 10.6. The lowest BCUT2D eigenvalue weighted by Crippen LogP contribution is -2.37. The Hall–Kier alpha value is -3.49. The molecule has 0 saturated heterocycles. The van der Waals surface area contributed by atoms with E-state index >= 15 is 0 Å². The molecular weight excluding hydrogens is 428 g/mol. The maximum absolute atomic E-state index is 12.9. The molecule has 0 aliphatic carbocycles. The van der Waals surface area contributed by atoms with Crippen molar-refractivity contribution < 1.29 is 9.59 Å². The molecule has 0 atom stereocenters. The second-order valence-corrected chi connectivity index (χ2v) is 8.66. The van der Waals surface area contributed by atoms with E-state index in [0.29, 0.717) is 22.2 Å². The molecule has 2 aromatic heterocycles. The van der Waals surface area contributed by atoms with E-state index in [0.717, 1.165) is 16.8 Å². The lowest BCUT2D eigenvalue weighted by atomic mass is 10.1. The van der Waals surface area contributed by atoms with Gasteiger partial charge in [-0.25, -0.2) is 4.98 Å². The van der Waals surface area contributed by atoms with Gasteiger partial charge < -0.3 is 16.0 Å². The molecule has 8 heteroatoms. The molecule has 2 heterocycles. The number of thiophene rings is 1. The Bertz CT molecular complexity index is 1160. The molecule has 6 nitrogen and oxygen atoms in total. The minimum atomic E-state index is -0.258. The SMILES string of the molecule is Nc1nc(-c2ccc(NC(=O)CN(Cc3ccccc3)C(=O)c3cccs3)cc2)cs1. The van der Waals surface area contributed by atoms with Gasteiger partial charge in [0.25, 0.3) is 5.91 Å². The van der Waals surface area contributed by atoms with Crippen molar-refractivity contribution in [1.82, 2.24) is 9.88 Å². The van der Waals surface area contributed by atoms with Crippen LogP contribution in [0.1, 0.15) is 15.2 Å². The van der Waals surface area contributed by atoms with Crippen LogP contribution in [0.3, 0.4) is 0 Å². The third-order valence-electron chi connectivity index (χ3n) is 4.56. The summed E-state index contributed by atoms with van der Waals surface area (Å²) in [7, 11) is 0. The van der Waals surface area contributed by atoms with Crippen LogP contribution in [-0.2, 0) is 11.3 Å². The van der Waals surface area contributed by atoms with E-state index < -0.39 is 0 Å². The number of hydrogen-bond acceptors (Lipinski definition) is 6. The van der Waals surface area contributed by atoms with Gasteiger partial charge in [-0.05, 0) is 29.1 Å². The van der Waals surface area contributed by atoms with Crippen LogP contribution in [0.25, 0.3) is 11.3 Å². The number of nitrogen functional groups attached to an aromatic ring is 1. The fourth-order valence-corrected chi connectivity index (χ4v) is 4.34. The molecule has 3 N–H and O–H groups in total. The molecular formula is C23H20N4O2S2. The van der Waals surface area contributed by atoms with Crippen molar-refractivity contribution in [2.45, 2.75) is 6.54 Å². The standard InChI is InChI=1S/C23H20N4O2S2/c24-23-26-19(15-31-23)17-8-10-18(11-9-17)25-21(28)14-27(13-16-5-2-1-3-6-16)22(29)20-7-4-12-30-20/h1-12,15H,13-14H2,(H2,24,26)(H,25,28). The Morgan fingerprint density at radius 2 is 1.74 bits per heavy atom. The summed E-state index contributed by atoms with van der Waals surface area (Å²) >= 11 is 2.75. The minimum absolute atomic E-state index is 0.0456. The van der Waals surface area contributed by atoms with Crippen molar-refractivity contribution in [3.05, 3.63) is 87.9 Å². The predicted molar refractivity (Wildman–Crippen MR) is 126 cm³/mol. The maximum Gasteiger partial charge on any atom is 0.264 e. The van der Waals surface area contributed by atoms with Crippen LogP contribution in [0.5, 0.6) is 0 Å². The molecule has 31 heavy (non-hydrogen) atoms. The van der Waals surface area contributed by atoms with Crippen molar-refractivity contribution in [3.63, 3.8) is 0 Å². The molecule has 4 aromatic rings. The van der Waals surface area contributed by atoms with Gasteiger partial charge in [0.05, 0.1) is 10.6 Å². The maximum atomic E-state index is 12.9. The minimum Gasteiger partial charge on any atom is -0.375 e. The van der Waals surface area contributed by atoms with Crippen molar-refractivity contribution in [3.8, 4) is 11.3 Å². The van der Waals surface area contributed by atoms with E-state index in [9.17, 15) is 9.59 Å². The average Bonchev–Trinajstić information content (AvgIpc) is 3.46. The summed E-state index contributed by atoms with van der Waals surface area (Å²) in [4.78, 5) is 32.1. The van der Waals surface area contributed by atoms with Crippen molar-refractivity contribution in [1.29, 1.82) is 0 Å². The zero-order valence-corrected chi connectivity index (χ0v) is 18.2. The molecule has 0 bridgehead atoms. The van der Waals surface area contributed by atoms with Gasteiger partial charge >= 0.3 is 0 Å². The van der Waals surface area contributed by atoms with E-state index in [1.54, 1.807) is 11.0 Å². The summed E-state index contributed by atoms with van der Waals surface area (Å²) in [6, 6.07) is 20.6. The zero-order chi connectivity index (χ0) is 21.6. The number of thiazole rings is 1. The summed E-state index contributed by atoms with van der Waals surface area (Å²) in [5.74, 6) is -0.419. The second kappa shape index (κ2) is 9.55. The molecule has 156 valence electrons. The van der Waals surface area contributed by atoms with E-state index in [1.165, 1.54) is 22.7 Å². The van der Waals surface area contributed by atoms with Crippen LogP contribution in [0, 0.1) is 0 Å². The molecule has 2 amide bonds. The Morgan fingerprint density at radius 1 is 0.968 bits per heavy atom. The number of nitrogens with zero attached hydrogens (tertiary/aromatic N) is 2. The zero-order valence-electron chi connectivity index (χ0n) is 16.5. The van der Waals surface area contributed by atoms with E-state index in [4.69, 9.17) is 5.73 Å². The van der Waals surface area contributed by atoms with Gasteiger partial charge in [-0.2, -0.15) is 0 Å². The van der Waals surface area contributed by atoms with Crippen LogP contribution in [0.2, 0.25) is 0 Å². The summed E-state index contributed by atoms with van der Waals surface area (Å²) in [6.07, 6.45) is 0. The molecule has 2 aromatic carbocycles. The molecule has 0 saturated carbocycles. The largest absolute Gasteiger partial charge is 0.375 e. The smallest absolute Gasteiger partial charge is 0.264 e. The highest BCUT2D eigenvalue weighted by Crippen LogP contribution is 2.24. The van der Waals surface area contributed by atoms with E-state index in [1.807, 2.05) is 71.4 Å². The van der Waals surface area contributed by atoms with Gasteiger partial charge in [-0.1, -0.05) is 48.5 Å². The third-order valence-corrected chi connectivity index (χ3v) is 6.09. The summed E-state index contributed by atoms with van der Waals surface area (Å²) in [5, 5.41) is 7.13. The summed E-state index contributed by atoms with van der Waals surface area (Å²) in [6.45, 7) is 0.311. The number of amides is 2. The molecule has 0 spiro atoms. The van der Waals surface area contributed by atoms with Crippen molar-refractivity contribution in [2.75, 3.05) is 17.6 Å². The Labute approximate surface area is 188 Å². The number of carbonyl (C=O) groups excluding carboxylic acids is 2. The number of nitrogens with two attached hydrogens (primary N) is 1. The highest BCUT2D eigenvalue weighted by atomic mass is 32.1. The summed E-state index contributed by atoms with van der Waals surface area (Å²) in [5.41, 5.74) is 9.03. The second-order valence-electron chi connectivity index (χ2n) is 6.82. The Balaban J connectivity index is 1.44. The first-order chi connectivity index (χ1) is 15.1. The van der Waals surface area contributed by atoms with Gasteiger partial charge in [0, 0.05) is 23.2 Å². The van der Waals surface area contributed by atoms with Crippen molar-refractivity contribution >= 4 is 45.3 Å². The first kappa shape index (κ1) is 20.8. The number of anilines is 2. The lowest BCUT2D eigenvalue weighted by molar-refractivity contribution is -0.117. The van der Waals surface area contributed by atoms with E-state index in [2.05, 4.69) is 10.3 Å². The fraction of sp³-hybridized carbons (Fsp3) is 0.0870. The van der Waals surface area contributed by atoms with Crippen LogP contribution < -0.4 is 11.1 Å². The number of hydrogen-bond donors (Lipinski definition) is 2. The highest BCUT2D eigenvalue weighted by Gasteiger charge is 2.20. The average molecular weight is 449 g/mol. The van der Waals surface area contributed by atoms with Gasteiger partial charge in [0.1, 0.15) is 6.54 Å². The quantitative estimate of drug-likeness (QED) is 0.428. The van der Waals surface area contributed by atoms with Gasteiger partial charge in [0.2, 0.25) is 5.91 Å². The third kappa shape index (κ3) is 5.36. The number of nitrogens with one attached hydrogen (secondary N) is 1. The first-order valence-electron chi connectivity index (χ1n) is 9.56. The molecule has 4 rings (SSSR count). The van der Waals surface area contributed by atoms with E-state index in [-0.39, 0.29) is 18.4 Å². The molecule has 0 aliphatic rings. The molecule has 0 unspecified atom stereocenters. The van der Waals surface area contributed by atoms with Gasteiger partial charge in [-0.3, -0.25) is 9.59 Å². The molecule has 0 aliphatic heterocycles. The number of aromatic nitrogens is 1.